The summed E-state index contributed by atoms with van der Waals surface area (Å²) >= 11 is 0. The van der Waals surface area contributed by atoms with Crippen molar-refractivity contribution in [3.05, 3.63) is 35.4 Å². The van der Waals surface area contributed by atoms with E-state index in [-0.39, 0.29) is 0 Å². The van der Waals surface area contributed by atoms with Gasteiger partial charge in [0.15, 0.2) is 0 Å². The summed E-state index contributed by atoms with van der Waals surface area (Å²) in [6.07, 6.45) is 1.11. The molecule has 3 nitrogen and oxygen atoms in total. The average Bonchev–Trinajstić information content (AvgIpc) is 2.39. The van der Waals surface area contributed by atoms with Crippen LogP contribution in [0.3, 0.4) is 0 Å². The van der Waals surface area contributed by atoms with Crippen LogP contribution in [0.25, 0.3) is 10.9 Å². The zero-order valence-electron chi connectivity index (χ0n) is 12.0. The first kappa shape index (κ1) is 13.8. The lowest BCUT2D eigenvalue weighted by Gasteiger charge is -2.16. The van der Waals surface area contributed by atoms with Crippen molar-refractivity contribution < 1.29 is 0 Å². The summed E-state index contributed by atoms with van der Waals surface area (Å²) in [5, 5.41) is 1.16. The van der Waals surface area contributed by atoms with Crippen LogP contribution in [-0.2, 0) is 0 Å². The van der Waals surface area contributed by atoms with E-state index >= 15 is 0 Å². The van der Waals surface area contributed by atoms with E-state index in [4.69, 9.17) is 11.5 Å². The third-order valence-electron chi connectivity index (χ3n) is 3.80. The Balaban J connectivity index is 2.33. The average molecular weight is 257 g/mol. The van der Waals surface area contributed by atoms with Crippen molar-refractivity contribution in [2.45, 2.75) is 33.1 Å². The number of fused-ring (bicyclic) bond motifs is 1. The monoisotopic (exact) mass is 257 g/mol. The number of aromatic nitrogens is 1. The minimum atomic E-state index is 0.515. The van der Waals surface area contributed by atoms with Gasteiger partial charge in [0, 0.05) is 5.39 Å². The molecule has 2 rings (SSSR count). The molecule has 1 heterocycles. The molecule has 1 aromatic carbocycles. The van der Waals surface area contributed by atoms with Crippen molar-refractivity contribution in [3.63, 3.8) is 0 Å². The molecule has 2 atom stereocenters. The van der Waals surface area contributed by atoms with Gasteiger partial charge in [-0.25, -0.2) is 4.98 Å². The number of hydrogen-bond donors (Lipinski definition) is 2. The van der Waals surface area contributed by atoms with Gasteiger partial charge in [0.25, 0.3) is 0 Å². The Morgan fingerprint density at radius 3 is 2.63 bits per heavy atom. The molecule has 0 aliphatic carbocycles. The number of rotatable bonds is 4. The number of nitrogens with zero attached hydrogens (tertiary/aromatic N) is 1. The summed E-state index contributed by atoms with van der Waals surface area (Å²) < 4.78 is 0. The second-order valence-electron chi connectivity index (χ2n) is 5.62. The third-order valence-corrected chi connectivity index (χ3v) is 3.80. The molecule has 0 aliphatic heterocycles. The van der Waals surface area contributed by atoms with Gasteiger partial charge in [-0.3, -0.25) is 0 Å². The molecule has 2 aromatic rings. The number of benzene rings is 1. The summed E-state index contributed by atoms with van der Waals surface area (Å²) in [7, 11) is 0. The molecule has 0 amide bonds. The molecule has 3 heteroatoms. The zero-order chi connectivity index (χ0) is 14.0. The van der Waals surface area contributed by atoms with Crippen LogP contribution < -0.4 is 11.5 Å². The molecule has 0 saturated heterocycles. The van der Waals surface area contributed by atoms with Gasteiger partial charge in [0.2, 0.25) is 0 Å². The summed E-state index contributed by atoms with van der Waals surface area (Å²) in [4.78, 5) is 4.41. The standard InChI is InChI=1S/C16H23N3/c1-10(9-17)6-11(2)13-4-5-15-14(8-13)7-12(3)16(18)19-15/h4-5,7-8,10-11H,6,9,17H2,1-3H3,(H2,18,19). The molecular weight excluding hydrogens is 234 g/mol. The zero-order valence-corrected chi connectivity index (χ0v) is 12.0. The van der Waals surface area contributed by atoms with E-state index in [0.717, 1.165) is 29.4 Å². The van der Waals surface area contributed by atoms with Crippen LogP contribution in [-0.4, -0.2) is 11.5 Å². The highest BCUT2D eigenvalue weighted by molar-refractivity contribution is 5.82. The first-order valence-electron chi connectivity index (χ1n) is 6.88. The van der Waals surface area contributed by atoms with Crippen LogP contribution in [0.15, 0.2) is 24.3 Å². The van der Waals surface area contributed by atoms with Gasteiger partial charge in [0.05, 0.1) is 5.52 Å². The van der Waals surface area contributed by atoms with Gasteiger partial charge in [-0.05, 0) is 61.1 Å². The summed E-state index contributed by atoms with van der Waals surface area (Å²) in [6.45, 7) is 7.19. The van der Waals surface area contributed by atoms with E-state index in [1.807, 2.05) is 6.92 Å². The van der Waals surface area contributed by atoms with Crippen LogP contribution >= 0.6 is 0 Å². The molecule has 4 N–H and O–H groups in total. The van der Waals surface area contributed by atoms with Gasteiger partial charge in [-0.15, -0.1) is 0 Å². The van der Waals surface area contributed by atoms with Crippen LogP contribution in [0.5, 0.6) is 0 Å². The van der Waals surface area contributed by atoms with Crippen molar-refractivity contribution in [3.8, 4) is 0 Å². The van der Waals surface area contributed by atoms with Gasteiger partial charge in [0.1, 0.15) is 5.82 Å². The molecule has 0 saturated carbocycles. The lowest BCUT2D eigenvalue weighted by atomic mass is 9.90. The molecule has 0 radical (unpaired) electrons. The summed E-state index contributed by atoms with van der Waals surface area (Å²) in [5.41, 5.74) is 14.9. The number of nitrogens with two attached hydrogens (primary N) is 2. The lowest BCUT2D eigenvalue weighted by Crippen LogP contribution is -2.13. The number of anilines is 1. The molecule has 0 bridgehead atoms. The fraction of sp³-hybridized carbons (Fsp3) is 0.438. The summed E-state index contributed by atoms with van der Waals surface area (Å²) in [6, 6.07) is 8.55. The van der Waals surface area contributed by atoms with Crippen molar-refractivity contribution in [1.29, 1.82) is 0 Å². The van der Waals surface area contributed by atoms with E-state index in [9.17, 15) is 0 Å². The number of pyridine rings is 1. The van der Waals surface area contributed by atoms with Crippen LogP contribution in [0.4, 0.5) is 5.82 Å². The normalized spacial score (nSPS) is 14.5. The van der Waals surface area contributed by atoms with Crippen LogP contribution in [0.1, 0.15) is 37.3 Å². The molecule has 2 unspecified atom stereocenters. The van der Waals surface area contributed by atoms with E-state index < -0.39 is 0 Å². The number of nitrogen functional groups attached to an aromatic ring is 1. The fourth-order valence-corrected chi connectivity index (χ4v) is 2.46. The highest BCUT2D eigenvalue weighted by Gasteiger charge is 2.11. The van der Waals surface area contributed by atoms with Crippen LogP contribution in [0, 0.1) is 12.8 Å². The number of aryl methyl sites for hydroxylation is 1. The molecule has 102 valence electrons. The Bertz CT molecular complexity index is 577. The lowest BCUT2D eigenvalue weighted by molar-refractivity contribution is 0.494. The molecule has 0 aliphatic rings. The minimum Gasteiger partial charge on any atom is -0.383 e. The Morgan fingerprint density at radius 1 is 1.21 bits per heavy atom. The van der Waals surface area contributed by atoms with Crippen molar-refractivity contribution in [1.82, 2.24) is 4.98 Å². The highest BCUT2D eigenvalue weighted by atomic mass is 14.8. The fourth-order valence-electron chi connectivity index (χ4n) is 2.46. The largest absolute Gasteiger partial charge is 0.383 e. The maximum Gasteiger partial charge on any atom is 0.127 e. The SMILES string of the molecule is Cc1cc2cc(C(C)CC(C)CN)ccc2nc1N. The smallest absolute Gasteiger partial charge is 0.127 e. The maximum absolute atomic E-state index is 5.84. The Labute approximate surface area is 115 Å². The third kappa shape index (κ3) is 3.04. The molecule has 0 spiro atoms. The Hall–Kier alpha value is -1.61. The quantitative estimate of drug-likeness (QED) is 0.884. The molecular formula is C16H23N3. The molecule has 0 fully saturated rings. The van der Waals surface area contributed by atoms with Gasteiger partial charge >= 0.3 is 0 Å². The molecule has 1 aromatic heterocycles. The minimum absolute atomic E-state index is 0.515. The first-order valence-corrected chi connectivity index (χ1v) is 6.88. The van der Waals surface area contributed by atoms with Crippen molar-refractivity contribution in [2.75, 3.05) is 12.3 Å². The summed E-state index contributed by atoms with van der Waals surface area (Å²) in [5.74, 6) is 1.68. The van der Waals surface area contributed by atoms with E-state index in [2.05, 4.69) is 43.1 Å². The van der Waals surface area contributed by atoms with E-state index in [1.165, 1.54) is 5.56 Å². The topological polar surface area (TPSA) is 64.9 Å². The predicted molar refractivity (Wildman–Crippen MR) is 82.1 cm³/mol. The first-order chi connectivity index (χ1) is 9.01. The van der Waals surface area contributed by atoms with E-state index in [1.54, 1.807) is 0 Å². The molecule has 19 heavy (non-hydrogen) atoms. The maximum atomic E-state index is 5.84. The Kier molecular flexibility index (Phi) is 4.05. The van der Waals surface area contributed by atoms with Gasteiger partial charge < -0.3 is 11.5 Å². The number of hydrogen-bond acceptors (Lipinski definition) is 3. The van der Waals surface area contributed by atoms with Gasteiger partial charge in [-0.1, -0.05) is 19.9 Å². The second-order valence-corrected chi connectivity index (χ2v) is 5.62. The van der Waals surface area contributed by atoms with Gasteiger partial charge in [-0.2, -0.15) is 0 Å². The van der Waals surface area contributed by atoms with Crippen molar-refractivity contribution >= 4 is 16.7 Å². The van der Waals surface area contributed by atoms with Crippen molar-refractivity contribution in [2.24, 2.45) is 11.7 Å². The highest BCUT2D eigenvalue weighted by Crippen LogP contribution is 2.27. The van der Waals surface area contributed by atoms with E-state index in [0.29, 0.717) is 17.7 Å². The predicted octanol–water partition coefficient (Wildman–Crippen LogP) is 3.21. The van der Waals surface area contributed by atoms with Crippen LogP contribution in [0.2, 0.25) is 0 Å². The second kappa shape index (κ2) is 5.57. The Morgan fingerprint density at radius 2 is 1.95 bits per heavy atom.